The van der Waals surface area contributed by atoms with E-state index in [0.29, 0.717) is 0 Å². The van der Waals surface area contributed by atoms with Crippen LogP contribution in [-0.2, 0) is 19.4 Å². The van der Waals surface area contributed by atoms with Gasteiger partial charge in [-0.1, -0.05) is 20.3 Å². The smallest absolute Gasteiger partial charge is 0.321 e. The second-order valence-electron chi connectivity index (χ2n) is 4.30. The summed E-state index contributed by atoms with van der Waals surface area (Å²) in [6, 6.07) is -0.0747. The highest BCUT2D eigenvalue weighted by molar-refractivity contribution is 7.92. The molecule has 6 heteroatoms. The number of sulfone groups is 1. The van der Waals surface area contributed by atoms with Gasteiger partial charge in [-0.15, -0.1) is 0 Å². The SMILES string of the molecule is CCCNC(CCC)CS(=O)(=O)CC(=O)OCC. The Balaban J connectivity index is 4.35. The lowest BCUT2D eigenvalue weighted by Crippen LogP contribution is -2.38. The lowest BCUT2D eigenvalue weighted by atomic mass is 10.2. The van der Waals surface area contributed by atoms with Gasteiger partial charge in [0.2, 0.25) is 0 Å². The molecule has 0 heterocycles. The van der Waals surface area contributed by atoms with Crippen molar-refractivity contribution in [2.75, 3.05) is 24.7 Å². The van der Waals surface area contributed by atoms with Gasteiger partial charge in [-0.2, -0.15) is 0 Å². The normalized spacial score (nSPS) is 13.3. The molecule has 0 aliphatic carbocycles. The third-order valence-electron chi connectivity index (χ3n) is 2.42. The van der Waals surface area contributed by atoms with Gasteiger partial charge in [0.1, 0.15) is 5.75 Å². The molecule has 0 aliphatic heterocycles. The maximum Gasteiger partial charge on any atom is 0.321 e. The van der Waals surface area contributed by atoms with Crippen molar-refractivity contribution in [3.8, 4) is 0 Å². The molecule has 0 spiro atoms. The maximum atomic E-state index is 11.8. The van der Waals surface area contributed by atoms with Crippen LogP contribution in [0.15, 0.2) is 0 Å². The molecule has 0 saturated heterocycles. The van der Waals surface area contributed by atoms with Crippen molar-refractivity contribution in [2.45, 2.75) is 46.1 Å². The Kier molecular flexibility index (Phi) is 9.01. The summed E-state index contributed by atoms with van der Waals surface area (Å²) in [6.45, 7) is 6.70. The highest BCUT2D eigenvalue weighted by Crippen LogP contribution is 2.03. The van der Waals surface area contributed by atoms with Gasteiger partial charge in [-0.05, 0) is 26.3 Å². The first kappa shape index (κ1) is 17.4. The van der Waals surface area contributed by atoms with E-state index in [1.165, 1.54) is 0 Å². The van der Waals surface area contributed by atoms with E-state index in [-0.39, 0.29) is 18.4 Å². The average molecular weight is 279 g/mol. The highest BCUT2D eigenvalue weighted by Gasteiger charge is 2.22. The van der Waals surface area contributed by atoms with Crippen molar-refractivity contribution in [3.05, 3.63) is 0 Å². The number of rotatable bonds is 10. The number of nitrogens with one attached hydrogen (secondary N) is 1. The summed E-state index contributed by atoms with van der Waals surface area (Å²) in [7, 11) is -3.39. The number of hydrogen-bond acceptors (Lipinski definition) is 5. The van der Waals surface area contributed by atoms with Gasteiger partial charge >= 0.3 is 5.97 Å². The fourth-order valence-electron chi connectivity index (χ4n) is 1.69. The topological polar surface area (TPSA) is 72.5 Å². The van der Waals surface area contributed by atoms with Crippen LogP contribution >= 0.6 is 0 Å². The minimum atomic E-state index is -3.39. The van der Waals surface area contributed by atoms with E-state index in [1.807, 2.05) is 13.8 Å². The standard InChI is InChI=1S/C12H25NO4S/c1-4-7-11(13-8-5-2)9-18(15,16)10-12(14)17-6-3/h11,13H,4-10H2,1-3H3. The monoisotopic (exact) mass is 279 g/mol. The van der Waals surface area contributed by atoms with E-state index in [9.17, 15) is 13.2 Å². The molecular weight excluding hydrogens is 254 g/mol. The summed E-state index contributed by atoms with van der Waals surface area (Å²) >= 11 is 0. The minimum absolute atomic E-state index is 0.000343. The molecule has 1 atom stereocenters. The van der Waals surface area contributed by atoms with E-state index in [0.717, 1.165) is 25.8 Å². The van der Waals surface area contributed by atoms with Crippen molar-refractivity contribution in [2.24, 2.45) is 0 Å². The molecule has 0 fully saturated rings. The lowest BCUT2D eigenvalue weighted by Gasteiger charge is -2.17. The quantitative estimate of drug-likeness (QED) is 0.607. The van der Waals surface area contributed by atoms with Crippen LogP contribution in [-0.4, -0.2) is 45.1 Å². The Morgan fingerprint density at radius 1 is 1.22 bits per heavy atom. The first-order valence-electron chi connectivity index (χ1n) is 6.54. The van der Waals surface area contributed by atoms with Crippen LogP contribution in [0.2, 0.25) is 0 Å². The van der Waals surface area contributed by atoms with E-state index < -0.39 is 21.6 Å². The fourth-order valence-corrected chi connectivity index (χ4v) is 3.15. The Labute approximate surface area is 110 Å². The van der Waals surface area contributed by atoms with Gasteiger partial charge in [0.25, 0.3) is 0 Å². The Morgan fingerprint density at radius 3 is 2.39 bits per heavy atom. The van der Waals surface area contributed by atoms with E-state index in [2.05, 4.69) is 10.1 Å². The summed E-state index contributed by atoms with van der Waals surface area (Å²) < 4.78 is 28.3. The molecule has 5 nitrogen and oxygen atoms in total. The molecule has 0 amide bonds. The summed E-state index contributed by atoms with van der Waals surface area (Å²) in [5.41, 5.74) is 0. The van der Waals surface area contributed by atoms with Crippen LogP contribution < -0.4 is 5.32 Å². The van der Waals surface area contributed by atoms with Crippen molar-refractivity contribution in [1.82, 2.24) is 5.32 Å². The van der Waals surface area contributed by atoms with Gasteiger partial charge in [0.15, 0.2) is 9.84 Å². The zero-order valence-electron chi connectivity index (χ0n) is 11.6. The number of esters is 1. The second-order valence-corrected chi connectivity index (χ2v) is 6.41. The van der Waals surface area contributed by atoms with Gasteiger partial charge in [-0.3, -0.25) is 4.79 Å². The molecular formula is C12H25NO4S. The average Bonchev–Trinajstić information content (AvgIpc) is 2.25. The summed E-state index contributed by atoms with van der Waals surface area (Å²) in [6.07, 6.45) is 2.66. The molecule has 0 rings (SSSR count). The number of ether oxygens (including phenoxy) is 1. The largest absolute Gasteiger partial charge is 0.465 e. The van der Waals surface area contributed by atoms with E-state index in [1.54, 1.807) is 6.92 Å². The molecule has 0 aromatic heterocycles. The molecule has 1 N–H and O–H groups in total. The summed E-state index contributed by atoms with van der Waals surface area (Å²) in [5.74, 6) is -1.18. The number of hydrogen-bond donors (Lipinski definition) is 1. The van der Waals surface area contributed by atoms with Crippen molar-refractivity contribution >= 4 is 15.8 Å². The van der Waals surface area contributed by atoms with Crippen molar-refractivity contribution < 1.29 is 17.9 Å². The Hall–Kier alpha value is -0.620. The first-order chi connectivity index (χ1) is 8.45. The molecule has 0 aliphatic rings. The molecule has 0 aromatic carbocycles. The van der Waals surface area contributed by atoms with Gasteiger partial charge < -0.3 is 10.1 Å². The molecule has 0 bridgehead atoms. The highest BCUT2D eigenvalue weighted by atomic mass is 32.2. The zero-order valence-corrected chi connectivity index (χ0v) is 12.4. The van der Waals surface area contributed by atoms with Gasteiger partial charge in [-0.25, -0.2) is 8.42 Å². The number of carbonyl (C=O) groups excluding carboxylic acids is 1. The van der Waals surface area contributed by atoms with E-state index >= 15 is 0 Å². The molecule has 1 unspecified atom stereocenters. The predicted octanol–water partition coefficient (Wildman–Crippen LogP) is 1.13. The predicted molar refractivity (Wildman–Crippen MR) is 72.3 cm³/mol. The lowest BCUT2D eigenvalue weighted by molar-refractivity contribution is -0.139. The van der Waals surface area contributed by atoms with Gasteiger partial charge in [0.05, 0.1) is 12.4 Å². The van der Waals surface area contributed by atoms with Crippen LogP contribution in [0.1, 0.15) is 40.0 Å². The second kappa shape index (κ2) is 9.33. The van der Waals surface area contributed by atoms with Crippen LogP contribution in [0, 0.1) is 0 Å². The van der Waals surface area contributed by atoms with E-state index in [4.69, 9.17) is 0 Å². The number of carbonyl (C=O) groups is 1. The van der Waals surface area contributed by atoms with Crippen LogP contribution in [0.5, 0.6) is 0 Å². The summed E-state index contributed by atoms with van der Waals surface area (Å²) in [4.78, 5) is 11.2. The van der Waals surface area contributed by atoms with Crippen LogP contribution in [0.25, 0.3) is 0 Å². The third-order valence-corrected chi connectivity index (χ3v) is 4.00. The molecule has 18 heavy (non-hydrogen) atoms. The minimum Gasteiger partial charge on any atom is -0.465 e. The Bertz CT molecular complexity index is 327. The van der Waals surface area contributed by atoms with Gasteiger partial charge in [0, 0.05) is 6.04 Å². The molecule has 0 aromatic rings. The zero-order chi connectivity index (χ0) is 14.0. The van der Waals surface area contributed by atoms with Crippen molar-refractivity contribution in [1.29, 1.82) is 0 Å². The van der Waals surface area contributed by atoms with Crippen LogP contribution in [0.3, 0.4) is 0 Å². The Morgan fingerprint density at radius 2 is 1.89 bits per heavy atom. The molecule has 0 radical (unpaired) electrons. The molecule has 0 saturated carbocycles. The van der Waals surface area contributed by atoms with Crippen molar-refractivity contribution in [3.63, 3.8) is 0 Å². The maximum absolute atomic E-state index is 11.8. The fraction of sp³-hybridized carbons (Fsp3) is 0.917. The third kappa shape index (κ3) is 8.47. The first-order valence-corrected chi connectivity index (χ1v) is 8.36. The molecule has 108 valence electrons. The van der Waals surface area contributed by atoms with Crippen LogP contribution in [0.4, 0.5) is 0 Å². The summed E-state index contributed by atoms with van der Waals surface area (Å²) in [5, 5.41) is 3.20.